The number of benzene rings is 2. The van der Waals surface area contributed by atoms with Gasteiger partial charge in [-0.1, -0.05) is 12.2 Å². The summed E-state index contributed by atoms with van der Waals surface area (Å²) in [4.78, 5) is 12.5. The summed E-state index contributed by atoms with van der Waals surface area (Å²) in [5, 5.41) is 6.77. The highest BCUT2D eigenvalue weighted by molar-refractivity contribution is 6.12. The number of hydrogen-bond donors (Lipinski definition) is 2. The maximum absolute atomic E-state index is 13.2. The van der Waals surface area contributed by atoms with E-state index in [1.807, 2.05) is 18.2 Å². The van der Waals surface area contributed by atoms with Gasteiger partial charge >= 0.3 is 0 Å². The highest BCUT2D eigenvalue weighted by Gasteiger charge is 2.22. The Morgan fingerprint density at radius 3 is 2.80 bits per heavy atom. The number of hydrogen-bond acceptors (Lipinski definition) is 3. The van der Waals surface area contributed by atoms with Crippen molar-refractivity contribution in [3.05, 3.63) is 59.4 Å². The fourth-order valence-corrected chi connectivity index (χ4v) is 3.11. The molecule has 1 amide bonds. The lowest BCUT2D eigenvalue weighted by atomic mass is 10.0. The molecule has 25 heavy (non-hydrogen) atoms. The zero-order valence-corrected chi connectivity index (χ0v) is 13.7. The molecular formula is C20H17FN2O2. The van der Waals surface area contributed by atoms with E-state index in [2.05, 4.69) is 16.7 Å². The largest absolute Gasteiger partial charge is 0.455 e. The summed E-state index contributed by atoms with van der Waals surface area (Å²) in [6.07, 6.45) is 5.09. The van der Waals surface area contributed by atoms with Gasteiger partial charge in [0.05, 0.1) is 5.56 Å². The molecule has 2 heterocycles. The fourth-order valence-electron chi connectivity index (χ4n) is 3.11. The Bertz CT molecular complexity index is 987. The Kier molecular flexibility index (Phi) is 3.76. The van der Waals surface area contributed by atoms with Gasteiger partial charge in [0, 0.05) is 36.3 Å². The lowest BCUT2D eigenvalue weighted by Gasteiger charge is -2.06. The van der Waals surface area contributed by atoms with Crippen molar-refractivity contribution < 1.29 is 13.6 Å². The second-order valence-corrected chi connectivity index (χ2v) is 5.95. The van der Waals surface area contributed by atoms with E-state index >= 15 is 0 Å². The summed E-state index contributed by atoms with van der Waals surface area (Å²) < 4.78 is 19.3. The number of amides is 1. The van der Waals surface area contributed by atoms with E-state index in [9.17, 15) is 9.18 Å². The van der Waals surface area contributed by atoms with Crippen LogP contribution < -0.4 is 10.6 Å². The van der Waals surface area contributed by atoms with E-state index < -0.39 is 0 Å². The van der Waals surface area contributed by atoms with Gasteiger partial charge in [-0.15, -0.1) is 0 Å². The number of carbonyl (C=O) groups is 1. The quantitative estimate of drug-likeness (QED) is 0.728. The summed E-state index contributed by atoms with van der Waals surface area (Å²) in [7, 11) is 1.58. The predicted octanol–water partition coefficient (Wildman–Crippen LogP) is 4.43. The van der Waals surface area contributed by atoms with Crippen LogP contribution in [0, 0.1) is 5.82 Å². The predicted molar refractivity (Wildman–Crippen MR) is 97.1 cm³/mol. The fraction of sp³-hybridized carbons (Fsp3) is 0.150. The van der Waals surface area contributed by atoms with Gasteiger partial charge in [-0.2, -0.15) is 0 Å². The number of nitrogens with one attached hydrogen (secondary N) is 2. The number of anilines is 1. The van der Waals surface area contributed by atoms with Gasteiger partial charge in [0.15, 0.2) is 0 Å². The molecule has 0 radical (unpaired) electrons. The molecule has 1 aromatic heterocycles. The third-order valence-corrected chi connectivity index (χ3v) is 4.34. The molecule has 0 saturated heterocycles. The number of furan rings is 1. The lowest BCUT2D eigenvalue weighted by molar-refractivity contribution is 0.0964. The average molecular weight is 336 g/mol. The molecule has 0 fully saturated rings. The van der Waals surface area contributed by atoms with Crippen molar-refractivity contribution in [2.45, 2.75) is 6.42 Å². The summed E-state index contributed by atoms with van der Waals surface area (Å²) >= 11 is 0. The number of fused-ring (bicyclic) bond motifs is 2. The molecule has 5 heteroatoms. The molecule has 1 aliphatic rings. The van der Waals surface area contributed by atoms with Crippen LogP contribution in [0.1, 0.15) is 22.3 Å². The molecule has 0 saturated carbocycles. The van der Waals surface area contributed by atoms with Crippen LogP contribution in [0.2, 0.25) is 0 Å². The Labute approximate surface area is 144 Å². The van der Waals surface area contributed by atoms with Crippen molar-refractivity contribution in [3.8, 4) is 11.3 Å². The third-order valence-electron chi connectivity index (χ3n) is 4.34. The van der Waals surface area contributed by atoms with E-state index in [4.69, 9.17) is 4.42 Å². The van der Waals surface area contributed by atoms with Crippen LogP contribution in [0.15, 0.2) is 46.9 Å². The SMILES string of the molecule is CNC(=O)c1c(-c2ccc(F)cc2)oc2cc3c(cc12)C=CCCN3. The monoisotopic (exact) mass is 336 g/mol. The number of carbonyl (C=O) groups excluding carboxylic acids is 1. The highest BCUT2D eigenvalue weighted by atomic mass is 19.1. The van der Waals surface area contributed by atoms with Crippen molar-refractivity contribution >= 4 is 28.6 Å². The summed E-state index contributed by atoms with van der Waals surface area (Å²) in [6, 6.07) is 9.82. The first-order valence-electron chi connectivity index (χ1n) is 8.16. The van der Waals surface area contributed by atoms with Gasteiger partial charge in [0.25, 0.3) is 5.91 Å². The standard InChI is InChI=1S/C20H17FN2O2/c1-22-20(24)18-15-10-13-4-2-3-9-23-16(13)11-17(15)25-19(18)12-5-7-14(21)8-6-12/h2,4-8,10-11,23H,3,9H2,1H3,(H,22,24). The van der Waals surface area contributed by atoms with Crippen molar-refractivity contribution in [2.24, 2.45) is 0 Å². The molecule has 0 aliphatic carbocycles. The van der Waals surface area contributed by atoms with Crippen LogP contribution >= 0.6 is 0 Å². The molecule has 4 nitrogen and oxygen atoms in total. The Morgan fingerprint density at radius 1 is 1.24 bits per heavy atom. The second kappa shape index (κ2) is 6.09. The minimum Gasteiger partial charge on any atom is -0.455 e. The van der Waals surface area contributed by atoms with Crippen molar-refractivity contribution in [1.82, 2.24) is 5.32 Å². The van der Waals surface area contributed by atoms with Gasteiger partial charge in [0.2, 0.25) is 0 Å². The molecular weight excluding hydrogens is 319 g/mol. The van der Waals surface area contributed by atoms with E-state index in [0.717, 1.165) is 29.6 Å². The molecule has 0 bridgehead atoms. The van der Waals surface area contributed by atoms with E-state index in [1.54, 1.807) is 19.2 Å². The maximum Gasteiger partial charge on any atom is 0.255 e. The van der Waals surface area contributed by atoms with Crippen LogP contribution in [-0.4, -0.2) is 19.5 Å². The van der Waals surface area contributed by atoms with Crippen LogP contribution in [0.25, 0.3) is 28.4 Å². The van der Waals surface area contributed by atoms with E-state index in [0.29, 0.717) is 22.5 Å². The van der Waals surface area contributed by atoms with Crippen molar-refractivity contribution in [1.29, 1.82) is 0 Å². The topological polar surface area (TPSA) is 54.3 Å². The smallest absolute Gasteiger partial charge is 0.255 e. The summed E-state index contributed by atoms with van der Waals surface area (Å²) in [6.45, 7) is 0.850. The van der Waals surface area contributed by atoms with Crippen LogP contribution in [0.3, 0.4) is 0 Å². The van der Waals surface area contributed by atoms with Gasteiger partial charge in [-0.25, -0.2) is 4.39 Å². The zero-order chi connectivity index (χ0) is 17.4. The first kappa shape index (κ1) is 15.4. The van der Waals surface area contributed by atoms with Gasteiger partial charge in [0.1, 0.15) is 17.2 Å². The Hall–Kier alpha value is -3.08. The molecule has 126 valence electrons. The second-order valence-electron chi connectivity index (χ2n) is 5.95. The van der Waals surface area contributed by atoms with Crippen LogP contribution in [0.4, 0.5) is 10.1 Å². The molecule has 2 aromatic carbocycles. The summed E-state index contributed by atoms with van der Waals surface area (Å²) in [5.74, 6) is -0.121. The van der Waals surface area contributed by atoms with E-state index in [1.165, 1.54) is 12.1 Å². The Morgan fingerprint density at radius 2 is 2.04 bits per heavy atom. The van der Waals surface area contributed by atoms with E-state index in [-0.39, 0.29) is 11.7 Å². The molecule has 0 unspecified atom stereocenters. The van der Waals surface area contributed by atoms with Gasteiger partial charge in [-0.3, -0.25) is 4.79 Å². The lowest BCUT2D eigenvalue weighted by Crippen LogP contribution is -2.18. The van der Waals surface area contributed by atoms with Crippen LogP contribution in [-0.2, 0) is 0 Å². The number of halogens is 1. The molecule has 2 N–H and O–H groups in total. The van der Waals surface area contributed by atoms with Gasteiger partial charge < -0.3 is 15.1 Å². The molecule has 1 aliphatic heterocycles. The molecule has 0 atom stereocenters. The minimum absolute atomic E-state index is 0.233. The molecule has 3 aromatic rings. The summed E-state index contributed by atoms with van der Waals surface area (Å²) in [5.41, 5.74) is 3.74. The van der Waals surface area contributed by atoms with Gasteiger partial charge in [-0.05, 0) is 42.3 Å². The van der Waals surface area contributed by atoms with Crippen LogP contribution in [0.5, 0.6) is 0 Å². The first-order valence-corrected chi connectivity index (χ1v) is 8.16. The van der Waals surface area contributed by atoms with Crippen molar-refractivity contribution in [2.75, 3.05) is 18.9 Å². The Balaban J connectivity index is 1.99. The minimum atomic E-state index is -0.331. The van der Waals surface area contributed by atoms with Crippen molar-refractivity contribution in [3.63, 3.8) is 0 Å². The normalized spacial score (nSPS) is 13.2. The maximum atomic E-state index is 13.2. The molecule has 0 spiro atoms. The first-order chi connectivity index (χ1) is 12.2. The third kappa shape index (κ3) is 2.67. The average Bonchev–Trinajstić information content (AvgIpc) is 2.83. The number of rotatable bonds is 2. The molecule has 4 rings (SSSR count). The highest BCUT2D eigenvalue weighted by Crippen LogP contribution is 2.37. The zero-order valence-electron chi connectivity index (χ0n) is 13.7.